The van der Waals surface area contributed by atoms with Crippen molar-refractivity contribution in [1.29, 1.82) is 0 Å². The van der Waals surface area contributed by atoms with E-state index in [2.05, 4.69) is 21.7 Å². The molecule has 1 aliphatic heterocycles. The first kappa shape index (κ1) is 12.8. The molecular formula is C13H20N4O. The lowest BCUT2D eigenvalue weighted by Crippen LogP contribution is -2.27. The maximum atomic E-state index is 12.1. The van der Waals surface area contributed by atoms with E-state index >= 15 is 0 Å². The fourth-order valence-electron chi connectivity index (χ4n) is 1.98. The van der Waals surface area contributed by atoms with Gasteiger partial charge in [0.05, 0.1) is 0 Å². The number of anilines is 1. The Morgan fingerprint density at radius 1 is 1.56 bits per heavy atom. The van der Waals surface area contributed by atoms with Gasteiger partial charge < -0.3 is 15.2 Å². The number of aromatic nitrogens is 2. The van der Waals surface area contributed by atoms with Gasteiger partial charge in [-0.25, -0.2) is 4.98 Å². The van der Waals surface area contributed by atoms with Crippen LogP contribution < -0.4 is 16.2 Å². The molecule has 1 aliphatic rings. The van der Waals surface area contributed by atoms with Crippen molar-refractivity contribution in [2.75, 3.05) is 25.0 Å². The molecule has 0 amide bonds. The molecular weight excluding hydrogens is 228 g/mol. The van der Waals surface area contributed by atoms with Crippen molar-refractivity contribution in [2.24, 2.45) is 0 Å². The summed E-state index contributed by atoms with van der Waals surface area (Å²) in [6.45, 7) is 6.59. The Morgan fingerprint density at radius 2 is 2.39 bits per heavy atom. The highest BCUT2D eigenvalue weighted by atomic mass is 16.1. The minimum atomic E-state index is -0.0537. The molecule has 0 fully saturated rings. The van der Waals surface area contributed by atoms with Gasteiger partial charge in [0.25, 0.3) is 5.56 Å². The quantitative estimate of drug-likeness (QED) is 0.785. The number of nitrogens with zero attached hydrogens (tertiary/aromatic N) is 2. The molecule has 18 heavy (non-hydrogen) atoms. The summed E-state index contributed by atoms with van der Waals surface area (Å²) in [7, 11) is 0. The van der Waals surface area contributed by atoms with Crippen molar-refractivity contribution < 1.29 is 0 Å². The highest BCUT2D eigenvalue weighted by molar-refractivity contribution is 5.33. The molecule has 0 bridgehead atoms. The molecule has 0 aromatic carbocycles. The number of nitrogens with one attached hydrogen (secondary N) is 2. The predicted molar refractivity (Wildman–Crippen MR) is 72.9 cm³/mol. The first-order valence-electron chi connectivity index (χ1n) is 6.38. The largest absolute Gasteiger partial charge is 0.362 e. The highest BCUT2D eigenvalue weighted by Crippen LogP contribution is 2.06. The Labute approximate surface area is 107 Å². The minimum absolute atomic E-state index is 0.0537. The summed E-state index contributed by atoms with van der Waals surface area (Å²) in [6, 6.07) is 0.152. The monoisotopic (exact) mass is 248 g/mol. The van der Waals surface area contributed by atoms with Crippen molar-refractivity contribution >= 4 is 5.82 Å². The Balaban J connectivity index is 2.07. The second kappa shape index (κ2) is 5.82. The molecule has 2 rings (SSSR count). The SMILES string of the molecule is CC(C)n1ccnc(NCC2=CCNCC2)c1=O. The number of rotatable bonds is 4. The second-order valence-electron chi connectivity index (χ2n) is 4.75. The summed E-state index contributed by atoms with van der Waals surface area (Å²) in [6.07, 6.45) is 6.58. The molecule has 98 valence electrons. The van der Waals surface area contributed by atoms with Crippen molar-refractivity contribution in [1.82, 2.24) is 14.9 Å². The summed E-state index contributed by atoms with van der Waals surface area (Å²) in [5, 5.41) is 6.40. The average Bonchev–Trinajstić information content (AvgIpc) is 2.38. The zero-order valence-electron chi connectivity index (χ0n) is 10.9. The standard InChI is InChI=1S/C13H20N4O/c1-10(2)17-8-7-15-12(13(17)18)16-9-11-3-5-14-6-4-11/h3,7-8,10,14H,4-6,9H2,1-2H3,(H,15,16). The van der Waals surface area contributed by atoms with Gasteiger partial charge in [-0.05, 0) is 26.8 Å². The first-order valence-corrected chi connectivity index (χ1v) is 6.38. The molecule has 5 heteroatoms. The van der Waals surface area contributed by atoms with Crippen molar-refractivity contribution in [3.8, 4) is 0 Å². The van der Waals surface area contributed by atoms with Gasteiger partial charge in [0.15, 0.2) is 5.82 Å². The van der Waals surface area contributed by atoms with Crippen LogP contribution in [0.3, 0.4) is 0 Å². The highest BCUT2D eigenvalue weighted by Gasteiger charge is 2.08. The lowest BCUT2D eigenvalue weighted by molar-refractivity contribution is 0.575. The lowest BCUT2D eigenvalue weighted by Gasteiger charge is -2.15. The Bertz CT molecular complexity index is 490. The van der Waals surface area contributed by atoms with E-state index in [4.69, 9.17) is 0 Å². The van der Waals surface area contributed by atoms with Gasteiger partial charge in [-0.3, -0.25) is 4.79 Å². The van der Waals surface area contributed by atoms with Crippen LogP contribution in [0.15, 0.2) is 28.8 Å². The van der Waals surface area contributed by atoms with Crippen LogP contribution in [0, 0.1) is 0 Å². The molecule has 0 aliphatic carbocycles. The summed E-state index contributed by atoms with van der Waals surface area (Å²) in [5.41, 5.74) is 1.27. The smallest absolute Gasteiger partial charge is 0.293 e. The van der Waals surface area contributed by atoms with Crippen molar-refractivity contribution in [3.05, 3.63) is 34.4 Å². The van der Waals surface area contributed by atoms with Crippen LogP contribution in [0.1, 0.15) is 26.3 Å². The van der Waals surface area contributed by atoms with E-state index in [1.165, 1.54) is 5.57 Å². The molecule has 0 radical (unpaired) electrons. The molecule has 1 aromatic rings. The summed E-state index contributed by atoms with van der Waals surface area (Å²) >= 11 is 0. The maximum absolute atomic E-state index is 12.1. The van der Waals surface area contributed by atoms with E-state index in [1.807, 2.05) is 13.8 Å². The normalized spacial score (nSPS) is 15.6. The number of hydrogen-bond acceptors (Lipinski definition) is 4. The Kier molecular flexibility index (Phi) is 4.15. The fourth-order valence-corrected chi connectivity index (χ4v) is 1.98. The van der Waals surface area contributed by atoms with Gasteiger partial charge in [0.2, 0.25) is 0 Å². The van der Waals surface area contributed by atoms with Gasteiger partial charge in [-0.15, -0.1) is 0 Å². The molecule has 0 saturated heterocycles. The molecule has 5 nitrogen and oxygen atoms in total. The molecule has 0 saturated carbocycles. The van der Waals surface area contributed by atoms with E-state index < -0.39 is 0 Å². The fraction of sp³-hybridized carbons (Fsp3) is 0.538. The van der Waals surface area contributed by atoms with Crippen LogP contribution in [0.2, 0.25) is 0 Å². The average molecular weight is 248 g/mol. The van der Waals surface area contributed by atoms with Gasteiger partial charge in [-0.2, -0.15) is 0 Å². The molecule has 2 N–H and O–H groups in total. The van der Waals surface area contributed by atoms with Gasteiger partial charge in [0, 0.05) is 31.5 Å². The molecule has 0 atom stereocenters. The predicted octanol–water partition coefficient (Wildman–Crippen LogP) is 1.16. The van der Waals surface area contributed by atoms with Crippen LogP contribution in [-0.4, -0.2) is 29.2 Å². The summed E-state index contributed by atoms with van der Waals surface area (Å²) < 4.78 is 1.69. The summed E-state index contributed by atoms with van der Waals surface area (Å²) in [4.78, 5) is 16.2. The van der Waals surface area contributed by atoms with E-state index in [1.54, 1.807) is 17.0 Å². The first-order chi connectivity index (χ1) is 8.68. The molecule has 2 heterocycles. The van der Waals surface area contributed by atoms with Crippen LogP contribution in [0.25, 0.3) is 0 Å². The van der Waals surface area contributed by atoms with Crippen LogP contribution in [0.5, 0.6) is 0 Å². The zero-order valence-corrected chi connectivity index (χ0v) is 10.9. The zero-order chi connectivity index (χ0) is 13.0. The Morgan fingerprint density at radius 3 is 3.06 bits per heavy atom. The van der Waals surface area contributed by atoms with Crippen LogP contribution in [-0.2, 0) is 0 Å². The van der Waals surface area contributed by atoms with Gasteiger partial charge in [0.1, 0.15) is 0 Å². The third kappa shape index (κ3) is 2.98. The summed E-state index contributed by atoms with van der Waals surface area (Å²) in [5.74, 6) is 0.436. The topological polar surface area (TPSA) is 59.0 Å². The van der Waals surface area contributed by atoms with Crippen molar-refractivity contribution in [2.45, 2.75) is 26.3 Å². The maximum Gasteiger partial charge on any atom is 0.293 e. The van der Waals surface area contributed by atoms with Crippen LogP contribution in [0.4, 0.5) is 5.82 Å². The Hall–Kier alpha value is -1.62. The van der Waals surface area contributed by atoms with E-state index in [9.17, 15) is 4.79 Å². The molecule has 1 aromatic heterocycles. The molecule has 0 unspecified atom stereocenters. The molecule has 0 spiro atoms. The third-order valence-corrected chi connectivity index (χ3v) is 3.07. The van der Waals surface area contributed by atoms with Gasteiger partial charge >= 0.3 is 0 Å². The van der Waals surface area contributed by atoms with E-state index in [-0.39, 0.29) is 11.6 Å². The van der Waals surface area contributed by atoms with Crippen molar-refractivity contribution in [3.63, 3.8) is 0 Å². The number of hydrogen-bond donors (Lipinski definition) is 2. The van der Waals surface area contributed by atoms with Crippen LogP contribution >= 0.6 is 0 Å². The second-order valence-corrected chi connectivity index (χ2v) is 4.75. The third-order valence-electron chi connectivity index (χ3n) is 3.07. The lowest BCUT2D eigenvalue weighted by atomic mass is 10.1. The van der Waals surface area contributed by atoms with E-state index in [0.717, 1.165) is 19.5 Å². The minimum Gasteiger partial charge on any atom is -0.362 e. The van der Waals surface area contributed by atoms with Gasteiger partial charge in [-0.1, -0.05) is 11.6 Å². The van der Waals surface area contributed by atoms with E-state index in [0.29, 0.717) is 12.4 Å².